The molecule has 3 aromatic rings. The molecule has 3 nitrogen and oxygen atoms in total. The van der Waals surface area contributed by atoms with Crippen molar-refractivity contribution >= 4 is 10.9 Å². The number of piperidine rings is 1. The summed E-state index contributed by atoms with van der Waals surface area (Å²) in [6.07, 6.45) is 2.19. The molecule has 0 radical (unpaired) electrons. The molecule has 0 amide bonds. The Kier molecular flexibility index (Phi) is 3.75. The molecule has 1 aliphatic heterocycles. The minimum atomic E-state index is -0.246. The fourth-order valence-corrected chi connectivity index (χ4v) is 3.21. The van der Waals surface area contributed by atoms with Gasteiger partial charge in [-0.15, -0.1) is 0 Å². The summed E-state index contributed by atoms with van der Waals surface area (Å²) in [4.78, 5) is 9.51. The van der Waals surface area contributed by atoms with Crippen LogP contribution in [0.1, 0.15) is 24.6 Å². The van der Waals surface area contributed by atoms with Gasteiger partial charge in [0.1, 0.15) is 11.6 Å². The van der Waals surface area contributed by atoms with Crippen LogP contribution in [0.2, 0.25) is 0 Å². The summed E-state index contributed by atoms with van der Waals surface area (Å²) in [7, 11) is 0. The van der Waals surface area contributed by atoms with Gasteiger partial charge >= 0.3 is 0 Å². The predicted octanol–water partition coefficient (Wildman–Crippen LogP) is 3.90. The summed E-state index contributed by atoms with van der Waals surface area (Å²) in [5, 5.41) is 4.29. The summed E-state index contributed by atoms with van der Waals surface area (Å²) in [6.45, 7) is 1.93. The summed E-state index contributed by atoms with van der Waals surface area (Å²) in [6, 6.07) is 14.6. The van der Waals surface area contributed by atoms with E-state index in [4.69, 9.17) is 9.97 Å². The minimum Gasteiger partial charge on any atom is -0.316 e. The van der Waals surface area contributed by atoms with Crippen LogP contribution in [0.4, 0.5) is 4.39 Å². The molecule has 2 aromatic carbocycles. The van der Waals surface area contributed by atoms with Crippen LogP contribution in [0.3, 0.4) is 0 Å². The molecule has 2 heterocycles. The Balaban J connectivity index is 1.92. The summed E-state index contributed by atoms with van der Waals surface area (Å²) in [5.41, 5.74) is 2.10. The van der Waals surface area contributed by atoms with Crippen LogP contribution in [0.15, 0.2) is 48.5 Å². The number of benzene rings is 2. The molecule has 1 N–H and O–H groups in total. The highest BCUT2D eigenvalue weighted by atomic mass is 19.1. The van der Waals surface area contributed by atoms with Crippen LogP contribution in [-0.2, 0) is 0 Å². The zero-order valence-electron chi connectivity index (χ0n) is 12.8. The van der Waals surface area contributed by atoms with Gasteiger partial charge in [0.05, 0.1) is 11.2 Å². The first-order valence-corrected chi connectivity index (χ1v) is 8.05. The molecular weight excluding hydrogens is 289 g/mol. The molecule has 4 heteroatoms. The average Bonchev–Trinajstić information content (AvgIpc) is 2.62. The fraction of sp³-hybridized carbons (Fsp3) is 0.263. The van der Waals surface area contributed by atoms with Gasteiger partial charge in [0.25, 0.3) is 0 Å². The second-order valence-corrected chi connectivity index (χ2v) is 5.97. The number of hydrogen-bond acceptors (Lipinski definition) is 3. The topological polar surface area (TPSA) is 37.8 Å². The Bertz CT molecular complexity index is 841. The van der Waals surface area contributed by atoms with E-state index in [2.05, 4.69) is 5.32 Å². The molecular formula is C19H18FN3. The van der Waals surface area contributed by atoms with Crippen LogP contribution in [-0.4, -0.2) is 23.1 Å². The maximum Gasteiger partial charge on any atom is 0.134 e. The minimum absolute atomic E-state index is 0.246. The summed E-state index contributed by atoms with van der Waals surface area (Å²) >= 11 is 0. The Morgan fingerprint density at radius 2 is 1.83 bits per heavy atom. The van der Waals surface area contributed by atoms with Crippen molar-refractivity contribution in [2.75, 3.05) is 13.1 Å². The van der Waals surface area contributed by atoms with Gasteiger partial charge < -0.3 is 5.32 Å². The van der Waals surface area contributed by atoms with E-state index in [1.807, 2.05) is 30.3 Å². The van der Waals surface area contributed by atoms with Crippen molar-refractivity contribution in [3.63, 3.8) is 0 Å². The summed E-state index contributed by atoms with van der Waals surface area (Å²) < 4.78 is 14.3. The third kappa shape index (κ3) is 2.70. The van der Waals surface area contributed by atoms with Crippen LogP contribution in [0.5, 0.6) is 0 Å². The largest absolute Gasteiger partial charge is 0.316 e. The van der Waals surface area contributed by atoms with Crippen molar-refractivity contribution in [3.05, 3.63) is 60.2 Å². The van der Waals surface area contributed by atoms with Crippen molar-refractivity contribution in [2.45, 2.75) is 18.8 Å². The molecule has 1 saturated heterocycles. The van der Waals surface area contributed by atoms with Crippen molar-refractivity contribution in [2.24, 2.45) is 0 Å². The number of fused-ring (bicyclic) bond motifs is 1. The van der Waals surface area contributed by atoms with Gasteiger partial charge in [-0.25, -0.2) is 14.4 Å². The second-order valence-electron chi connectivity index (χ2n) is 5.97. The van der Waals surface area contributed by atoms with E-state index in [1.165, 1.54) is 6.07 Å². The highest BCUT2D eigenvalue weighted by Gasteiger charge is 2.21. The first kappa shape index (κ1) is 14.3. The standard InChI is InChI=1S/C19H18FN3/c20-16-9-3-1-7-14(16)18-15-8-2-4-10-17(15)22-19(23-18)13-6-5-11-21-12-13/h1-4,7-10,13,21H,5-6,11-12H2. The summed E-state index contributed by atoms with van der Waals surface area (Å²) in [5.74, 6) is 0.858. The Morgan fingerprint density at radius 3 is 2.65 bits per heavy atom. The van der Waals surface area contributed by atoms with Crippen molar-refractivity contribution in [1.29, 1.82) is 0 Å². The molecule has 0 saturated carbocycles. The first-order chi connectivity index (χ1) is 11.3. The first-order valence-electron chi connectivity index (χ1n) is 8.05. The lowest BCUT2D eigenvalue weighted by Gasteiger charge is -2.22. The molecule has 0 spiro atoms. The van der Waals surface area contributed by atoms with Gasteiger partial charge in [-0.05, 0) is 37.6 Å². The maximum absolute atomic E-state index is 14.3. The van der Waals surface area contributed by atoms with Crippen molar-refractivity contribution in [1.82, 2.24) is 15.3 Å². The Hall–Kier alpha value is -2.33. The quantitative estimate of drug-likeness (QED) is 0.780. The van der Waals surface area contributed by atoms with E-state index in [0.29, 0.717) is 17.2 Å². The zero-order valence-corrected chi connectivity index (χ0v) is 12.8. The van der Waals surface area contributed by atoms with E-state index in [-0.39, 0.29) is 5.82 Å². The molecule has 23 heavy (non-hydrogen) atoms. The molecule has 0 bridgehead atoms. The predicted molar refractivity (Wildman–Crippen MR) is 89.8 cm³/mol. The lowest BCUT2D eigenvalue weighted by Crippen LogP contribution is -2.29. The number of nitrogens with zero attached hydrogens (tertiary/aromatic N) is 2. The SMILES string of the molecule is Fc1ccccc1-c1nc(C2CCCNC2)nc2ccccc12. The third-order valence-electron chi connectivity index (χ3n) is 4.41. The molecule has 1 aliphatic rings. The van der Waals surface area contributed by atoms with Gasteiger partial charge in [0.2, 0.25) is 0 Å². The van der Waals surface area contributed by atoms with Crippen LogP contribution in [0, 0.1) is 5.82 Å². The molecule has 116 valence electrons. The third-order valence-corrected chi connectivity index (χ3v) is 4.41. The van der Waals surface area contributed by atoms with E-state index in [9.17, 15) is 4.39 Å². The van der Waals surface area contributed by atoms with Gasteiger partial charge in [-0.1, -0.05) is 30.3 Å². The van der Waals surface area contributed by atoms with Gasteiger partial charge in [-0.3, -0.25) is 0 Å². The lowest BCUT2D eigenvalue weighted by molar-refractivity contribution is 0.447. The van der Waals surface area contributed by atoms with Crippen LogP contribution < -0.4 is 5.32 Å². The normalized spacial score (nSPS) is 18.2. The fourth-order valence-electron chi connectivity index (χ4n) is 3.21. The zero-order chi connectivity index (χ0) is 15.6. The highest BCUT2D eigenvalue weighted by molar-refractivity contribution is 5.92. The van der Waals surface area contributed by atoms with Crippen molar-refractivity contribution < 1.29 is 4.39 Å². The Labute approximate surface area is 134 Å². The van der Waals surface area contributed by atoms with Crippen LogP contribution >= 0.6 is 0 Å². The van der Waals surface area contributed by atoms with Gasteiger partial charge in [0.15, 0.2) is 0 Å². The highest BCUT2D eigenvalue weighted by Crippen LogP contribution is 2.30. The molecule has 1 fully saturated rings. The maximum atomic E-state index is 14.3. The lowest BCUT2D eigenvalue weighted by atomic mass is 9.97. The molecule has 0 aliphatic carbocycles. The number of halogens is 1. The monoisotopic (exact) mass is 307 g/mol. The molecule has 1 atom stereocenters. The number of nitrogens with one attached hydrogen (secondary N) is 1. The molecule has 4 rings (SSSR count). The van der Waals surface area contributed by atoms with E-state index in [1.54, 1.807) is 12.1 Å². The van der Waals surface area contributed by atoms with Crippen molar-refractivity contribution in [3.8, 4) is 11.3 Å². The van der Waals surface area contributed by atoms with Crippen LogP contribution in [0.25, 0.3) is 22.2 Å². The average molecular weight is 307 g/mol. The van der Waals surface area contributed by atoms with E-state index < -0.39 is 0 Å². The molecule has 1 aromatic heterocycles. The van der Waals surface area contributed by atoms with Gasteiger partial charge in [-0.2, -0.15) is 0 Å². The Morgan fingerprint density at radius 1 is 1.00 bits per heavy atom. The number of rotatable bonds is 2. The smallest absolute Gasteiger partial charge is 0.134 e. The number of hydrogen-bond donors (Lipinski definition) is 1. The molecule has 1 unspecified atom stereocenters. The number of aromatic nitrogens is 2. The number of para-hydroxylation sites is 1. The van der Waals surface area contributed by atoms with Gasteiger partial charge in [0, 0.05) is 23.4 Å². The second kappa shape index (κ2) is 6.05. The van der Waals surface area contributed by atoms with E-state index >= 15 is 0 Å². The van der Waals surface area contributed by atoms with E-state index in [0.717, 1.165) is 42.7 Å².